The van der Waals surface area contributed by atoms with E-state index in [4.69, 9.17) is 11.6 Å². The lowest BCUT2D eigenvalue weighted by molar-refractivity contribution is 0.112. The van der Waals surface area contributed by atoms with Crippen LogP contribution in [-0.2, 0) is 9.84 Å². The van der Waals surface area contributed by atoms with E-state index in [-0.39, 0.29) is 15.5 Å². The normalized spacial score (nSPS) is 11.8. The highest BCUT2D eigenvalue weighted by Gasteiger charge is 2.27. The second-order valence-corrected chi connectivity index (χ2v) is 9.02. The second kappa shape index (κ2) is 6.32. The molecular weight excluding hydrogens is 312 g/mol. The van der Waals surface area contributed by atoms with Crippen LogP contribution in [0.4, 0.5) is 0 Å². The van der Waals surface area contributed by atoms with E-state index in [0.29, 0.717) is 11.2 Å². The summed E-state index contributed by atoms with van der Waals surface area (Å²) in [7, 11) is -0.777. The minimum atomic E-state index is -3.52. The molecule has 0 aliphatic carbocycles. The van der Waals surface area contributed by atoms with Gasteiger partial charge in [0.15, 0.2) is 16.1 Å². The van der Waals surface area contributed by atoms with Gasteiger partial charge < -0.3 is 0 Å². The Kier molecular flexibility index (Phi) is 5.58. The zero-order chi connectivity index (χ0) is 13.9. The predicted octanol–water partition coefficient (Wildman–Crippen LogP) is 3.70. The summed E-state index contributed by atoms with van der Waals surface area (Å²) in [5, 5.41) is -0.573. The number of rotatable bonds is 5. The summed E-state index contributed by atoms with van der Waals surface area (Å²) in [6, 6.07) is 3.15. The summed E-state index contributed by atoms with van der Waals surface area (Å²) in [4.78, 5) is 11.5. The summed E-state index contributed by atoms with van der Waals surface area (Å²) in [5.41, 5.74) is 0.196. The molecule has 0 saturated carbocycles. The van der Waals surface area contributed by atoms with Crippen LogP contribution in [0, 0.1) is 0 Å². The molecule has 0 bridgehead atoms. The zero-order valence-corrected chi connectivity index (χ0v) is 13.3. The summed E-state index contributed by atoms with van der Waals surface area (Å²) in [6.45, 7) is 3.18. The van der Waals surface area contributed by atoms with Crippen LogP contribution in [0.15, 0.2) is 21.9 Å². The lowest BCUT2D eigenvalue weighted by Crippen LogP contribution is -2.16. The van der Waals surface area contributed by atoms with Crippen molar-refractivity contribution in [1.82, 2.24) is 0 Å². The van der Waals surface area contributed by atoms with E-state index in [0.717, 1.165) is 0 Å². The molecule has 0 spiro atoms. The fraction of sp³-hybridized carbons (Fsp3) is 0.364. The highest BCUT2D eigenvalue weighted by Crippen LogP contribution is 2.40. The average Bonchev–Trinajstić information content (AvgIpc) is 2.29. The van der Waals surface area contributed by atoms with Crippen molar-refractivity contribution in [2.24, 2.45) is 0 Å². The van der Waals surface area contributed by atoms with Gasteiger partial charge in [0, 0.05) is 10.5 Å². The second-order valence-electron chi connectivity index (χ2n) is 3.76. The first-order valence-electron chi connectivity index (χ1n) is 5.08. The molecule has 0 heterocycles. The standard InChI is InChI=1S/C11H13ClO3S3/c1-7(2)18(14,15)11-9(17-16-3)5-4-8(6-13)10(11)12/h4-7H,1-3H3. The van der Waals surface area contributed by atoms with Gasteiger partial charge in [0.1, 0.15) is 4.90 Å². The van der Waals surface area contributed by atoms with Crippen molar-refractivity contribution in [2.75, 3.05) is 6.26 Å². The van der Waals surface area contributed by atoms with E-state index in [9.17, 15) is 13.2 Å². The molecule has 0 saturated heterocycles. The SMILES string of the molecule is CSSc1ccc(C=O)c(Cl)c1S(=O)(=O)C(C)C. The highest BCUT2D eigenvalue weighted by molar-refractivity contribution is 8.76. The van der Waals surface area contributed by atoms with Crippen LogP contribution in [-0.4, -0.2) is 26.2 Å². The Balaban J connectivity index is 3.61. The Morgan fingerprint density at radius 1 is 1.33 bits per heavy atom. The van der Waals surface area contributed by atoms with E-state index in [1.54, 1.807) is 19.9 Å². The third kappa shape index (κ3) is 3.04. The molecule has 100 valence electrons. The van der Waals surface area contributed by atoms with Gasteiger partial charge in [-0.25, -0.2) is 8.42 Å². The molecule has 1 aromatic carbocycles. The highest BCUT2D eigenvalue weighted by atomic mass is 35.5. The molecule has 0 atom stereocenters. The number of carbonyl (C=O) groups excluding carboxylic acids is 1. The number of aldehydes is 1. The molecule has 18 heavy (non-hydrogen) atoms. The van der Waals surface area contributed by atoms with Crippen LogP contribution in [0.5, 0.6) is 0 Å². The number of hydrogen-bond acceptors (Lipinski definition) is 5. The first-order valence-corrected chi connectivity index (χ1v) is 9.56. The van der Waals surface area contributed by atoms with Crippen molar-refractivity contribution >= 4 is 49.3 Å². The largest absolute Gasteiger partial charge is 0.298 e. The van der Waals surface area contributed by atoms with Crippen molar-refractivity contribution in [3.05, 3.63) is 22.7 Å². The van der Waals surface area contributed by atoms with E-state index in [2.05, 4.69) is 0 Å². The smallest absolute Gasteiger partial charge is 0.183 e. The molecule has 0 fully saturated rings. The van der Waals surface area contributed by atoms with Gasteiger partial charge in [-0.3, -0.25) is 4.79 Å². The molecule has 0 aliphatic rings. The Morgan fingerprint density at radius 3 is 2.39 bits per heavy atom. The van der Waals surface area contributed by atoms with Gasteiger partial charge in [-0.15, -0.1) is 0 Å². The van der Waals surface area contributed by atoms with E-state index >= 15 is 0 Å². The fourth-order valence-electron chi connectivity index (χ4n) is 1.30. The zero-order valence-electron chi connectivity index (χ0n) is 10.1. The van der Waals surface area contributed by atoms with Gasteiger partial charge in [0.05, 0.1) is 10.3 Å². The number of sulfone groups is 1. The minimum Gasteiger partial charge on any atom is -0.298 e. The molecule has 0 aliphatic heterocycles. The maximum Gasteiger partial charge on any atom is 0.183 e. The van der Waals surface area contributed by atoms with Gasteiger partial charge in [0.25, 0.3) is 0 Å². The van der Waals surface area contributed by atoms with Crippen LogP contribution < -0.4 is 0 Å². The van der Waals surface area contributed by atoms with Crippen molar-refractivity contribution in [3.8, 4) is 0 Å². The lowest BCUT2D eigenvalue weighted by Gasteiger charge is -2.14. The summed E-state index contributed by atoms with van der Waals surface area (Å²) >= 11 is 6.05. The van der Waals surface area contributed by atoms with E-state index < -0.39 is 15.1 Å². The molecule has 3 nitrogen and oxygen atoms in total. The molecule has 0 radical (unpaired) electrons. The Morgan fingerprint density at radius 2 is 1.94 bits per heavy atom. The molecule has 7 heteroatoms. The summed E-state index contributed by atoms with van der Waals surface area (Å²) in [6.07, 6.45) is 2.41. The number of halogens is 1. The number of benzene rings is 1. The van der Waals surface area contributed by atoms with Crippen LogP contribution >= 0.6 is 33.2 Å². The Hall–Kier alpha value is -0.170. The fourth-order valence-corrected chi connectivity index (χ4v) is 5.14. The molecule has 0 aromatic heterocycles. The average molecular weight is 325 g/mol. The van der Waals surface area contributed by atoms with Gasteiger partial charge in [-0.1, -0.05) is 33.2 Å². The topological polar surface area (TPSA) is 51.2 Å². The minimum absolute atomic E-state index is 0.0118. The van der Waals surface area contributed by atoms with Gasteiger partial charge in [0.2, 0.25) is 0 Å². The Labute approximate surface area is 120 Å². The van der Waals surface area contributed by atoms with Gasteiger partial charge in [-0.05, 0) is 32.2 Å². The van der Waals surface area contributed by atoms with Crippen LogP contribution in [0.1, 0.15) is 24.2 Å². The maximum atomic E-state index is 12.3. The maximum absolute atomic E-state index is 12.3. The predicted molar refractivity (Wildman–Crippen MR) is 78.5 cm³/mol. The molecule has 0 unspecified atom stereocenters. The van der Waals surface area contributed by atoms with Crippen LogP contribution in [0.2, 0.25) is 5.02 Å². The summed E-state index contributed by atoms with van der Waals surface area (Å²) in [5.74, 6) is 0. The summed E-state index contributed by atoms with van der Waals surface area (Å²) < 4.78 is 24.6. The lowest BCUT2D eigenvalue weighted by atomic mass is 10.2. The number of hydrogen-bond donors (Lipinski definition) is 0. The monoisotopic (exact) mass is 324 g/mol. The van der Waals surface area contributed by atoms with E-state index in [1.807, 2.05) is 6.26 Å². The molecule has 0 N–H and O–H groups in total. The molecule has 0 amide bonds. The quantitative estimate of drug-likeness (QED) is 0.610. The first-order chi connectivity index (χ1) is 8.36. The third-order valence-electron chi connectivity index (χ3n) is 2.30. The third-order valence-corrected chi connectivity index (χ3v) is 6.90. The van der Waals surface area contributed by atoms with Crippen molar-refractivity contribution in [3.63, 3.8) is 0 Å². The van der Waals surface area contributed by atoms with E-state index in [1.165, 1.54) is 27.7 Å². The first kappa shape index (κ1) is 15.9. The van der Waals surface area contributed by atoms with Gasteiger partial charge in [-0.2, -0.15) is 0 Å². The Bertz CT molecular complexity index is 553. The van der Waals surface area contributed by atoms with Crippen molar-refractivity contribution in [2.45, 2.75) is 28.9 Å². The van der Waals surface area contributed by atoms with Crippen LogP contribution in [0.3, 0.4) is 0 Å². The van der Waals surface area contributed by atoms with Gasteiger partial charge >= 0.3 is 0 Å². The van der Waals surface area contributed by atoms with Crippen molar-refractivity contribution in [1.29, 1.82) is 0 Å². The molecular formula is C11H13ClO3S3. The van der Waals surface area contributed by atoms with Crippen molar-refractivity contribution < 1.29 is 13.2 Å². The van der Waals surface area contributed by atoms with Crippen LogP contribution in [0.25, 0.3) is 0 Å². The number of carbonyl (C=O) groups is 1. The molecule has 1 rings (SSSR count). The molecule has 1 aromatic rings.